The normalized spacial score (nSPS) is 18.0. The van der Waals surface area contributed by atoms with Crippen LogP contribution in [0.3, 0.4) is 0 Å². The molecule has 0 spiro atoms. The molecule has 3 rings (SSSR count). The van der Waals surface area contributed by atoms with Crippen molar-refractivity contribution in [2.45, 2.75) is 24.9 Å². The molecular weight excluding hydrogens is 290 g/mol. The largest absolute Gasteiger partial charge is 0.388 e. The summed E-state index contributed by atoms with van der Waals surface area (Å²) in [5, 5.41) is 12.4. The molecule has 1 amide bonds. The first kappa shape index (κ1) is 14.5. The van der Waals surface area contributed by atoms with Crippen LogP contribution in [0.2, 0.25) is 0 Å². The van der Waals surface area contributed by atoms with Crippen molar-refractivity contribution in [2.75, 3.05) is 26.8 Å². The molecule has 1 saturated heterocycles. The second kappa shape index (κ2) is 5.75. The van der Waals surface area contributed by atoms with Gasteiger partial charge in [-0.05, 0) is 0 Å². The van der Waals surface area contributed by atoms with E-state index in [1.165, 1.54) is 0 Å². The molecule has 3 heterocycles. The molecule has 114 valence electrons. The van der Waals surface area contributed by atoms with Gasteiger partial charge in [0.15, 0.2) is 4.96 Å². The molecule has 0 aromatic carbocycles. The van der Waals surface area contributed by atoms with Crippen molar-refractivity contribution in [1.82, 2.24) is 14.3 Å². The number of aromatic nitrogens is 2. The van der Waals surface area contributed by atoms with Gasteiger partial charge in [-0.25, -0.2) is 4.98 Å². The Morgan fingerprint density at radius 1 is 1.57 bits per heavy atom. The fourth-order valence-corrected chi connectivity index (χ4v) is 3.31. The van der Waals surface area contributed by atoms with Crippen LogP contribution in [-0.4, -0.2) is 57.7 Å². The first-order valence-corrected chi connectivity index (χ1v) is 7.89. The van der Waals surface area contributed by atoms with Crippen molar-refractivity contribution in [1.29, 1.82) is 0 Å². The van der Waals surface area contributed by atoms with Gasteiger partial charge in [0.05, 0.1) is 17.7 Å². The molecule has 0 bridgehead atoms. The fraction of sp³-hybridized carbons (Fsp3) is 0.571. The third-order valence-electron chi connectivity index (χ3n) is 3.86. The van der Waals surface area contributed by atoms with Crippen LogP contribution in [0.1, 0.15) is 18.5 Å². The van der Waals surface area contributed by atoms with Crippen LogP contribution in [0.15, 0.2) is 17.8 Å². The van der Waals surface area contributed by atoms with Gasteiger partial charge in [0, 0.05) is 57.4 Å². The van der Waals surface area contributed by atoms with E-state index in [-0.39, 0.29) is 12.3 Å². The summed E-state index contributed by atoms with van der Waals surface area (Å²) in [7, 11) is 1.73. The van der Waals surface area contributed by atoms with E-state index >= 15 is 0 Å². The molecule has 2 aromatic rings. The lowest BCUT2D eigenvalue weighted by molar-refractivity contribution is -0.136. The van der Waals surface area contributed by atoms with E-state index in [0.29, 0.717) is 32.6 Å². The molecule has 1 fully saturated rings. The summed E-state index contributed by atoms with van der Waals surface area (Å²) in [6.07, 6.45) is 5.21. The Kier molecular flexibility index (Phi) is 3.97. The Hall–Kier alpha value is -1.44. The predicted molar refractivity (Wildman–Crippen MR) is 79.4 cm³/mol. The summed E-state index contributed by atoms with van der Waals surface area (Å²) in [5.41, 5.74) is -0.0605. The second-order valence-electron chi connectivity index (χ2n) is 5.59. The maximum atomic E-state index is 12.3. The lowest BCUT2D eigenvalue weighted by Crippen LogP contribution is -2.47. The topological polar surface area (TPSA) is 67.1 Å². The number of carbonyl (C=O) groups is 1. The molecule has 1 aliphatic rings. The van der Waals surface area contributed by atoms with Gasteiger partial charge in [0.25, 0.3) is 0 Å². The summed E-state index contributed by atoms with van der Waals surface area (Å²) in [6.45, 7) is 1.45. The highest BCUT2D eigenvalue weighted by Gasteiger charge is 2.32. The molecule has 1 N–H and O–H groups in total. The number of carbonyl (C=O) groups excluding carboxylic acids is 1. The van der Waals surface area contributed by atoms with Crippen LogP contribution in [-0.2, 0) is 16.0 Å². The van der Waals surface area contributed by atoms with Gasteiger partial charge in [-0.3, -0.25) is 9.20 Å². The van der Waals surface area contributed by atoms with E-state index in [0.717, 1.165) is 10.7 Å². The van der Waals surface area contributed by atoms with E-state index in [1.807, 2.05) is 22.2 Å². The number of hydrogen-bond acceptors (Lipinski definition) is 5. The van der Waals surface area contributed by atoms with Crippen LogP contribution in [0, 0.1) is 0 Å². The number of ether oxygens (including phenoxy) is 1. The maximum absolute atomic E-state index is 12.3. The lowest BCUT2D eigenvalue weighted by Gasteiger charge is -2.35. The average molecular weight is 309 g/mol. The quantitative estimate of drug-likeness (QED) is 0.913. The van der Waals surface area contributed by atoms with Crippen LogP contribution < -0.4 is 0 Å². The molecule has 0 aliphatic carbocycles. The minimum atomic E-state index is -0.822. The van der Waals surface area contributed by atoms with Crippen LogP contribution in [0.4, 0.5) is 0 Å². The van der Waals surface area contributed by atoms with E-state index in [9.17, 15) is 9.90 Å². The summed E-state index contributed by atoms with van der Waals surface area (Å²) in [4.78, 5) is 19.2. The van der Waals surface area contributed by atoms with Gasteiger partial charge in [-0.2, -0.15) is 0 Å². The highest BCUT2D eigenvalue weighted by atomic mass is 32.1. The Bertz CT molecular complexity index is 602. The zero-order valence-electron chi connectivity index (χ0n) is 12.0. The Morgan fingerprint density at radius 2 is 2.33 bits per heavy atom. The smallest absolute Gasteiger partial charge is 0.228 e. The van der Waals surface area contributed by atoms with Gasteiger partial charge < -0.3 is 14.7 Å². The first-order valence-electron chi connectivity index (χ1n) is 7.01. The SMILES string of the molecule is CN(CC1(O)CCOCC1)C(=O)Cc1cn2ccsc2n1. The van der Waals surface area contributed by atoms with Gasteiger partial charge >= 0.3 is 0 Å². The minimum absolute atomic E-state index is 0.0272. The minimum Gasteiger partial charge on any atom is -0.388 e. The molecule has 0 atom stereocenters. The van der Waals surface area contributed by atoms with Crippen molar-refractivity contribution >= 4 is 22.2 Å². The molecule has 7 heteroatoms. The highest BCUT2D eigenvalue weighted by molar-refractivity contribution is 7.15. The van der Waals surface area contributed by atoms with Gasteiger partial charge in [0.1, 0.15) is 0 Å². The maximum Gasteiger partial charge on any atom is 0.228 e. The van der Waals surface area contributed by atoms with Crippen LogP contribution in [0.25, 0.3) is 4.96 Å². The predicted octanol–water partition coefficient (Wildman–Crippen LogP) is 0.938. The van der Waals surface area contributed by atoms with E-state index in [4.69, 9.17) is 4.74 Å². The van der Waals surface area contributed by atoms with E-state index < -0.39 is 5.60 Å². The molecule has 6 nitrogen and oxygen atoms in total. The standard InChI is InChI=1S/C14H19N3O3S/c1-16(10-14(19)2-5-20-6-3-14)12(18)8-11-9-17-4-7-21-13(17)15-11/h4,7,9,19H,2-3,5-6,8,10H2,1H3. The highest BCUT2D eigenvalue weighted by Crippen LogP contribution is 2.21. The number of imidazole rings is 1. The Labute approximate surface area is 127 Å². The molecular formula is C14H19N3O3S. The molecule has 1 aliphatic heterocycles. The number of amides is 1. The number of rotatable bonds is 4. The summed E-state index contributed by atoms with van der Waals surface area (Å²) >= 11 is 1.54. The average Bonchev–Trinajstić information content (AvgIpc) is 2.99. The summed E-state index contributed by atoms with van der Waals surface area (Å²) < 4.78 is 7.17. The molecule has 0 radical (unpaired) electrons. The van der Waals surface area contributed by atoms with Crippen molar-refractivity contribution < 1.29 is 14.6 Å². The number of fused-ring (bicyclic) bond motifs is 1. The number of hydrogen-bond donors (Lipinski definition) is 1. The third-order valence-corrected chi connectivity index (χ3v) is 4.63. The summed E-state index contributed by atoms with van der Waals surface area (Å²) in [5.74, 6) is -0.0272. The molecule has 0 unspecified atom stereocenters. The zero-order valence-corrected chi connectivity index (χ0v) is 12.8. The van der Waals surface area contributed by atoms with Crippen LogP contribution >= 0.6 is 11.3 Å². The zero-order chi connectivity index (χ0) is 14.9. The third kappa shape index (κ3) is 3.25. The molecule has 21 heavy (non-hydrogen) atoms. The first-order chi connectivity index (χ1) is 10.1. The van der Waals surface area contributed by atoms with Crippen molar-refractivity contribution in [3.8, 4) is 0 Å². The van der Waals surface area contributed by atoms with Crippen molar-refractivity contribution in [2.24, 2.45) is 0 Å². The van der Waals surface area contributed by atoms with Gasteiger partial charge in [0.2, 0.25) is 5.91 Å². The molecule has 2 aromatic heterocycles. The molecule has 0 saturated carbocycles. The second-order valence-corrected chi connectivity index (χ2v) is 6.46. The van der Waals surface area contributed by atoms with Crippen LogP contribution in [0.5, 0.6) is 0 Å². The lowest BCUT2D eigenvalue weighted by atomic mass is 9.94. The van der Waals surface area contributed by atoms with Crippen molar-refractivity contribution in [3.05, 3.63) is 23.5 Å². The number of aliphatic hydroxyl groups is 1. The van der Waals surface area contributed by atoms with Gasteiger partial charge in [-0.1, -0.05) is 0 Å². The van der Waals surface area contributed by atoms with E-state index in [2.05, 4.69) is 4.98 Å². The fourth-order valence-electron chi connectivity index (χ4n) is 2.59. The monoisotopic (exact) mass is 309 g/mol. The number of likely N-dealkylation sites (N-methyl/N-ethyl adjacent to an activating group) is 1. The number of nitrogens with zero attached hydrogens (tertiary/aromatic N) is 3. The summed E-state index contributed by atoms with van der Waals surface area (Å²) in [6, 6.07) is 0. The van der Waals surface area contributed by atoms with E-state index in [1.54, 1.807) is 23.3 Å². The Balaban J connectivity index is 1.60. The Morgan fingerprint density at radius 3 is 3.05 bits per heavy atom. The van der Waals surface area contributed by atoms with Gasteiger partial charge in [-0.15, -0.1) is 11.3 Å². The number of thiazole rings is 1. The van der Waals surface area contributed by atoms with Crippen molar-refractivity contribution in [3.63, 3.8) is 0 Å².